The minimum absolute atomic E-state index is 0.0160. The van der Waals surface area contributed by atoms with Gasteiger partial charge in [0.25, 0.3) is 0 Å². The number of amides is 2. The molecule has 6 nitrogen and oxygen atoms in total. The molecular formula is C13H23N3O3. The van der Waals surface area contributed by atoms with Crippen molar-refractivity contribution in [1.29, 1.82) is 0 Å². The molecule has 2 aliphatic rings. The van der Waals surface area contributed by atoms with Crippen LogP contribution in [-0.4, -0.2) is 49.2 Å². The van der Waals surface area contributed by atoms with Crippen molar-refractivity contribution in [3.8, 4) is 0 Å². The van der Waals surface area contributed by atoms with E-state index in [-0.39, 0.29) is 23.9 Å². The molecule has 19 heavy (non-hydrogen) atoms. The molecule has 0 bridgehead atoms. The third kappa shape index (κ3) is 3.59. The maximum absolute atomic E-state index is 12.3. The number of hydrogen-bond donors (Lipinski definition) is 2. The van der Waals surface area contributed by atoms with Crippen molar-refractivity contribution < 1.29 is 14.3 Å². The van der Waals surface area contributed by atoms with E-state index in [0.717, 1.165) is 38.6 Å². The van der Waals surface area contributed by atoms with E-state index in [0.29, 0.717) is 6.54 Å². The molecule has 0 radical (unpaired) electrons. The van der Waals surface area contributed by atoms with Gasteiger partial charge in [-0.25, -0.2) is 4.79 Å². The second-order valence-corrected chi connectivity index (χ2v) is 5.52. The van der Waals surface area contributed by atoms with Crippen LogP contribution in [0.1, 0.15) is 32.1 Å². The molecule has 1 unspecified atom stereocenters. The SMILES string of the molecule is COC(=O)NC1CCN(C(=O)C2CCC(N)CC2)C1. The largest absolute Gasteiger partial charge is 0.453 e. The first-order valence-electron chi connectivity index (χ1n) is 6.99. The maximum atomic E-state index is 12.3. The molecule has 1 saturated carbocycles. The van der Waals surface area contributed by atoms with Crippen LogP contribution in [-0.2, 0) is 9.53 Å². The molecule has 2 rings (SSSR count). The van der Waals surface area contributed by atoms with Gasteiger partial charge in [-0.05, 0) is 32.1 Å². The van der Waals surface area contributed by atoms with Crippen molar-refractivity contribution in [1.82, 2.24) is 10.2 Å². The fraction of sp³-hybridized carbons (Fsp3) is 0.846. The molecule has 1 aliphatic carbocycles. The van der Waals surface area contributed by atoms with Gasteiger partial charge in [0, 0.05) is 25.0 Å². The third-order valence-electron chi connectivity index (χ3n) is 4.13. The van der Waals surface area contributed by atoms with Crippen LogP contribution in [0.15, 0.2) is 0 Å². The highest BCUT2D eigenvalue weighted by molar-refractivity contribution is 5.79. The van der Waals surface area contributed by atoms with Gasteiger partial charge in [-0.15, -0.1) is 0 Å². The van der Waals surface area contributed by atoms with Crippen molar-refractivity contribution in [3.05, 3.63) is 0 Å². The summed E-state index contributed by atoms with van der Waals surface area (Å²) in [7, 11) is 1.35. The molecule has 0 spiro atoms. The summed E-state index contributed by atoms with van der Waals surface area (Å²) < 4.78 is 4.57. The van der Waals surface area contributed by atoms with Crippen LogP contribution in [0.2, 0.25) is 0 Å². The number of likely N-dealkylation sites (tertiary alicyclic amines) is 1. The lowest BCUT2D eigenvalue weighted by atomic mass is 9.85. The number of methoxy groups -OCH3 is 1. The Balaban J connectivity index is 1.80. The zero-order chi connectivity index (χ0) is 13.8. The summed E-state index contributed by atoms with van der Waals surface area (Å²) in [5.41, 5.74) is 5.86. The van der Waals surface area contributed by atoms with Gasteiger partial charge >= 0.3 is 6.09 Å². The Morgan fingerprint density at radius 3 is 2.53 bits per heavy atom. The molecule has 2 fully saturated rings. The number of nitrogens with zero attached hydrogens (tertiary/aromatic N) is 1. The third-order valence-corrected chi connectivity index (χ3v) is 4.13. The summed E-state index contributed by atoms with van der Waals surface area (Å²) in [6.07, 6.45) is 4.04. The van der Waals surface area contributed by atoms with Gasteiger partial charge < -0.3 is 20.7 Å². The van der Waals surface area contributed by atoms with Gasteiger partial charge in [-0.2, -0.15) is 0 Å². The number of nitrogens with one attached hydrogen (secondary N) is 1. The number of alkyl carbamates (subject to hydrolysis) is 1. The van der Waals surface area contributed by atoms with Crippen LogP contribution in [0.5, 0.6) is 0 Å². The Morgan fingerprint density at radius 1 is 1.21 bits per heavy atom. The monoisotopic (exact) mass is 269 g/mol. The predicted molar refractivity (Wildman–Crippen MR) is 70.5 cm³/mol. The lowest BCUT2D eigenvalue weighted by Gasteiger charge is -2.28. The van der Waals surface area contributed by atoms with Gasteiger partial charge in [0.1, 0.15) is 0 Å². The smallest absolute Gasteiger partial charge is 0.407 e. The quantitative estimate of drug-likeness (QED) is 0.762. The standard InChI is InChI=1S/C13H23N3O3/c1-19-13(18)15-11-6-7-16(8-11)12(17)9-2-4-10(14)5-3-9/h9-11H,2-8,14H2,1H3,(H,15,18). The van der Waals surface area contributed by atoms with E-state index in [1.54, 1.807) is 0 Å². The first-order valence-corrected chi connectivity index (χ1v) is 6.99. The van der Waals surface area contributed by atoms with Gasteiger partial charge in [0.15, 0.2) is 0 Å². The van der Waals surface area contributed by atoms with E-state index < -0.39 is 6.09 Å². The molecule has 1 saturated heterocycles. The molecular weight excluding hydrogens is 246 g/mol. The van der Waals surface area contributed by atoms with Gasteiger partial charge in [0.2, 0.25) is 5.91 Å². The highest BCUT2D eigenvalue weighted by Crippen LogP contribution is 2.26. The van der Waals surface area contributed by atoms with Crippen molar-refractivity contribution >= 4 is 12.0 Å². The predicted octanol–water partition coefficient (Wildman–Crippen LogP) is 0.461. The van der Waals surface area contributed by atoms with Crippen molar-refractivity contribution in [3.63, 3.8) is 0 Å². The Kier molecular flexibility index (Phi) is 4.63. The second-order valence-electron chi connectivity index (χ2n) is 5.52. The number of nitrogens with two attached hydrogens (primary N) is 1. The summed E-state index contributed by atoms with van der Waals surface area (Å²) >= 11 is 0. The van der Waals surface area contributed by atoms with Crippen molar-refractivity contribution in [2.75, 3.05) is 20.2 Å². The van der Waals surface area contributed by atoms with Gasteiger partial charge in [-0.1, -0.05) is 0 Å². The summed E-state index contributed by atoms with van der Waals surface area (Å²) in [5, 5.41) is 2.75. The summed E-state index contributed by atoms with van der Waals surface area (Å²) in [4.78, 5) is 25.3. The number of hydrogen-bond acceptors (Lipinski definition) is 4. The lowest BCUT2D eigenvalue weighted by molar-refractivity contribution is -0.135. The van der Waals surface area contributed by atoms with Crippen LogP contribution >= 0.6 is 0 Å². The number of carbonyl (C=O) groups excluding carboxylic acids is 2. The Morgan fingerprint density at radius 2 is 1.89 bits per heavy atom. The molecule has 108 valence electrons. The topological polar surface area (TPSA) is 84.7 Å². The zero-order valence-corrected chi connectivity index (χ0v) is 11.4. The average Bonchev–Trinajstić information content (AvgIpc) is 2.87. The van der Waals surface area contributed by atoms with Crippen molar-refractivity contribution in [2.45, 2.75) is 44.2 Å². The minimum Gasteiger partial charge on any atom is -0.453 e. The molecule has 0 aromatic rings. The Hall–Kier alpha value is -1.30. The fourth-order valence-corrected chi connectivity index (χ4v) is 2.93. The lowest BCUT2D eigenvalue weighted by Crippen LogP contribution is -2.41. The van der Waals surface area contributed by atoms with Crippen LogP contribution in [0.3, 0.4) is 0 Å². The summed E-state index contributed by atoms with van der Waals surface area (Å²) in [6.45, 7) is 1.31. The van der Waals surface area contributed by atoms with E-state index >= 15 is 0 Å². The fourth-order valence-electron chi connectivity index (χ4n) is 2.93. The summed E-state index contributed by atoms with van der Waals surface area (Å²) in [5.74, 6) is 0.345. The van der Waals surface area contributed by atoms with Crippen LogP contribution in [0.25, 0.3) is 0 Å². The maximum Gasteiger partial charge on any atom is 0.407 e. The molecule has 6 heteroatoms. The Labute approximate surface area is 113 Å². The number of carbonyl (C=O) groups is 2. The van der Waals surface area contributed by atoms with E-state index in [1.165, 1.54) is 7.11 Å². The normalized spacial score (nSPS) is 31.1. The van der Waals surface area contributed by atoms with Crippen LogP contribution in [0, 0.1) is 5.92 Å². The van der Waals surface area contributed by atoms with Crippen LogP contribution < -0.4 is 11.1 Å². The molecule has 0 aromatic heterocycles. The van der Waals surface area contributed by atoms with E-state index in [2.05, 4.69) is 10.1 Å². The van der Waals surface area contributed by atoms with E-state index in [1.807, 2.05) is 4.90 Å². The Bertz CT molecular complexity index is 340. The van der Waals surface area contributed by atoms with E-state index in [4.69, 9.17) is 5.73 Å². The molecule has 2 amide bonds. The molecule has 0 aromatic carbocycles. The number of ether oxygens (including phenoxy) is 1. The minimum atomic E-state index is -0.428. The average molecular weight is 269 g/mol. The summed E-state index contributed by atoms with van der Waals surface area (Å²) in [6, 6.07) is 0.276. The molecule has 1 heterocycles. The molecule has 1 atom stereocenters. The van der Waals surface area contributed by atoms with E-state index in [9.17, 15) is 9.59 Å². The van der Waals surface area contributed by atoms with Crippen LogP contribution in [0.4, 0.5) is 4.79 Å². The van der Waals surface area contributed by atoms with Gasteiger partial charge in [0.05, 0.1) is 13.2 Å². The highest BCUT2D eigenvalue weighted by Gasteiger charge is 2.33. The number of rotatable bonds is 2. The first kappa shape index (κ1) is 14.1. The zero-order valence-electron chi connectivity index (χ0n) is 11.4. The highest BCUT2D eigenvalue weighted by atomic mass is 16.5. The van der Waals surface area contributed by atoms with Gasteiger partial charge in [-0.3, -0.25) is 4.79 Å². The molecule has 1 aliphatic heterocycles. The first-order chi connectivity index (χ1) is 9.10. The molecule has 3 N–H and O–H groups in total. The second kappa shape index (κ2) is 6.23. The van der Waals surface area contributed by atoms with Crippen molar-refractivity contribution in [2.24, 2.45) is 11.7 Å².